The Morgan fingerprint density at radius 3 is 2.10 bits per heavy atom. The molecular formula is C24H30N2O4. The van der Waals surface area contributed by atoms with Gasteiger partial charge in [0.25, 0.3) is 0 Å². The third-order valence-corrected chi connectivity index (χ3v) is 5.30. The molecule has 0 aliphatic rings. The van der Waals surface area contributed by atoms with E-state index in [0.717, 1.165) is 5.56 Å². The summed E-state index contributed by atoms with van der Waals surface area (Å²) in [6.07, 6.45) is -0.0210. The third kappa shape index (κ3) is 6.26. The Morgan fingerprint density at radius 2 is 1.57 bits per heavy atom. The van der Waals surface area contributed by atoms with E-state index in [1.807, 2.05) is 50.2 Å². The quantitative estimate of drug-likeness (QED) is 0.624. The van der Waals surface area contributed by atoms with Gasteiger partial charge in [0.05, 0.1) is 18.0 Å². The van der Waals surface area contributed by atoms with Crippen LogP contribution < -0.4 is 11.1 Å². The van der Waals surface area contributed by atoms with Crippen molar-refractivity contribution in [3.8, 4) is 0 Å². The van der Waals surface area contributed by atoms with Crippen LogP contribution in [0.1, 0.15) is 44.2 Å². The molecule has 1 unspecified atom stereocenters. The molecule has 6 heteroatoms. The molecule has 30 heavy (non-hydrogen) atoms. The van der Waals surface area contributed by atoms with Crippen LogP contribution in [0.4, 0.5) is 4.79 Å². The first-order valence-corrected chi connectivity index (χ1v) is 10.2. The van der Waals surface area contributed by atoms with Crippen LogP contribution in [0.2, 0.25) is 0 Å². The van der Waals surface area contributed by atoms with Crippen LogP contribution in [0, 0.1) is 5.92 Å². The van der Waals surface area contributed by atoms with Gasteiger partial charge in [-0.1, -0.05) is 80.9 Å². The maximum atomic E-state index is 13.5. The number of rotatable bonds is 10. The summed E-state index contributed by atoms with van der Waals surface area (Å²) in [7, 11) is 0. The molecule has 0 aliphatic carbocycles. The average molecular weight is 411 g/mol. The highest BCUT2D eigenvalue weighted by atomic mass is 16.5. The van der Waals surface area contributed by atoms with Crippen LogP contribution in [0.25, 0.3) is 0 Å². The van der Waals surface area contributed by atoms with Gasteiger partial charge in [0.15, 0.2) is 5.78 Å². The van der Waals surface area contributed by atoms with E-state index in [1.54, 1.807) is 24.3 Å². The summed E-state index contributed by atoms with van der Waals surface area (Å²) in [5, 5.41) is 2.70. The van der Waals surface area contributed by atoms with Gasteiger partial charge in [-0.25, -0.2) is 4.79 Å². The molecule has 2 rings (SSSR count). The van der Waals surface area contributed by atoms with Crippen molar-refractivity contribution < 1.29 is 19.1 Å². The summed E-state index contributed by atoms with van der Waals surface area (Å²) in [5.41, 5.74) is 7.62. The van der Waals surface area contributed by atoms with Crippen molar-refractivity contribution in [1.82, 2.24) is 5.32 Å². The Bertz CT molecular complexity index is 839. The number of carbonyl (C=O) groups is 3. The first-order chi connectivity index (χ1) is 14.3. The lowest BCUT2D eigenvalue weighted by molar-refractivity contribution is -0.128. The molecule has 0 fully saturated rings. The van der Waals surface area contributed by atoms with E-state index < -0.39 is 24.1 Å². The molecule has 160 valence electrons. The number of hydrogen-bond donors (Lipinski definition) is 2. The molecule has 2 aromatic carbocycles. The van der Waals surface area contributed by atoms with Crippen molar-refractivity contribution in [2.24, 2.45) is 11.7 Å². The number of Topliss-reactive ketones (excluding diaryl/α,β-unsaturated/α-hetero) is 2. The Balaban J connectivity index is 2.21. The zero-order valence-corrected chi connectivity index (χ0v) is 17.7. The summed E-state index contributed by atoms with van der Waals surface area (Å²) in [6.45, 7) is 5.28. The number of amides is 1. The van der Waals surface area contributed by atoms with Gasteiger partial charge in [0.2, 0.25) is 0 Å². The Labute approximate surface area is 177 Å². The standard InChI is InChI=1S/C24H30N2O4/c1-4-16(2)22(26-24(29)30-15-18-11-7-5-8-12-18)23(28)20(21(25)17(3)27)19-13-9-6-10-14-19/h5-14,16,20-22H,4,15,25H2,1-3H3,(H,26,29)/t16-,20?,21+,22-/m0/s1. The SMILES string of the molecule is CC[C@H](C)[C@H](NC(=O)OCc1ccccc1)C(=O)C(c1ccccc1)[C@H](N)C(C)=O. The van der Waals surface area contributed by atoms with E-state index in [1.165, 1.54) is 6.92 Å². The van der Waals surface area contributed by atoms with E-state index >= 15 is 0 Å². The highest BCUT2D eigenvalue weighted by Crippen LogP contribution is 2.25. The van der Waals surface area contributed by atoms with Gasteiger partial charge in [-0.2, -0.15) is 0 Å². The fraction of sp³-hybridized carbons (Fsp3) is 0.375. The minimum Gasteiger partial charge on any atom is -0.445 e. The lowest BCUT2D eigenvalue weighted by atomic mass is 9.80. The van der Waals surface area contributed by atoms with Gasteiger partial charge in [-0.3, -0.25) is 9.59 Å². The molecule has 6 nitrogen and oxygen atoms in total. The molecule has 3 N–H and O–H groups in total. The number of ketones is 2. The summed E-state index contributed by atoms with van der Waals surface area (Å²) < 4.78 is 5.30. The van der Waals surface area contributed by atoms with E-state index in [0.29, 0.717) is 12.0 Å². The predicted octanol–water partition coefficient (Wildman–Crippen LogP) is 3.60. The van der Waals surface area contributed by atoms with Crippen molar-refractivity contribution in [3.63, 3.8) is 0 Å². The molecule has 2 aromatic rings. The first kappa shape index (κ1) is 23.3. The number of carbonyl (C=O) groups excluding carboxylic acids is 3. The molecule has 0 saturated carbocycles. The van der Waals surface area contributed by atoms with Crippen LogP contribution in [0.3, 0.4) is 0 Å². The average Bonchev–Trinajstić information content (AvgIpc) is 2.76. The van der Waals surface area contributed by atoms with Gasteiger partial charge in [-0.05, 0) is 24.0 Å². The number of nitrogens with two attached hydrogens (primary N) is 1. The van der Waals surface area contributed by atoms with Crippen LogP contribution in [0.5, 0.6) is 0 Å². The summed E-state index contributed by atoms with van der Waals surface area (Å²) >= 11 is 0. The Kier molecular flexibility index (Phi) is 8.74. The van der Waals surface area contributed by atoms with E-state index in [9.17, 15) is 14.4 Å². The second-order valence-corrected chi connectivity index (χ2v) is 7.50. The lowest BCUT2D eigenvalue weighted by Gasteiger charge is -2.29. The van der Waals surface area contributed by atoms with E-state index in [-0.39, 0.29) is 24.1 Å². The number of benzene rings is 2. The molecule has 0 bridgehead atoms. The van der Waals surface area contributed by atoms with Gasteiger partial charge < -0.3 is 15.8 Å². The van der Waals surface area contributed by atoms with E-state index in [4.69, 9.17) is 10.5 Å². The molecule has 0 radical (unpaired) electrons. The zero-order chi connectivity index (χ0) is 22.1. The second-order valence-electron chi connectivity index (χ2n) is 7.50. The van der Waals surface area contributed by atoms with Gasteiger partial charge in [0, 0.05) is 0 Å². The molecule has 0 aromatic heterocycles. The lowest BCUT2D eigenvalue weighted by Crippen LogP contribution is -2.51. The molecule has 0 saturated heterocycles. The Hall–Kier alpha value is -2.99. The van der Waals surface area contributed by atoms with Crippen molar-refractivity contribution in [2.75, 3.05) is 0 Å². The minimum atomic E-state index is -0.992. The highest BCUT2D eigenvalue weighted by Gasteiger charge is 2.37. The fourth-order valence-corrected chi connectivity index (χ4v) is 3.26. The summed E-state index contributed by atoms with van der Waals surface area (Å²) in [5.74, 6) is -1.59. The highest BCUT2D eigenvalue weighted by molar-refractivity contribution is 5.98. The zero-order valence-electron chi connectivity index (χ0n) is 17.7. The number of hydrogen-bond acceptors (Lipinski definition) is 5. The van der Waals surface area contributed by atoms with Gasteiger partial charge in [-0.15, -0.1) is 0 Å². The largest absolute Gasteiger partial charge is 0.445 e. The number of alkyl carbamates (subject to hydrolysis) is 1. The molecule has 4 atom stereocenters. The monoisotopic (exact) mass is 410 g/mol. The predicted molar refractivity (Wildman–Crippen MR) is 116 cm³/mol. The normalized spacial score (nSPS) is 14.8. The summed E-state index contributed by atoms with van der Waals surface area (Å²) in [4.78, 5) is 37.9. The van der Waals surface area contributed by atoms with Crippen LogP contribution in [-0.4, -0.2) is 29.7 Å². The number of ether oxygens (including phenoxy) is 1. The molecule has 0 spiro atoms. The minimum absolute atomic E-state index is 0.100. The van der Waals surface area contributed by atoms with Crippen LogP contribution >= 0.6 is 0 Å². The van der Waals surface area contributed by atoms with Gasteiger partial charge in [0.1, 0.15) is 12.4 Å². The van der Waals surface area contributed by atoms with Crippen molar-refractivity contribution >= 4 is 17.7 Å². The van der Waals surface area contributed by atoms with Crippen molar-refractivity contribution in [2.45, 2.75) is 51.8 Å². The smallest absolute Gasteiger partial charge is 0.408 e. The maximum absolute atomic E-state index is 13.5. The van der Waals surface area contributed by atoms with Crippen molar-refractivity contribution in [1.29, 1.82) is 0 Å². The first-order valence-electron chi connectivity index (χ1n) is 10.2. The molecule has 0 heterocycles. The fourth-order valence-electron chi connectivity index (χ4n) is 3.26. The topological polar surface area (TPSA) is 98.5 Å². The summed E-state index contributed by atoms with van der Waals surface area (Å²) in [6, 6.07) is 16.4. The van der Waals surface area contributed by atoms with Crippen LogP contribution in [0.15, 0.2) is 60.7 Å². The molecular weight excluding hydrogens is 380 g/mol. The number of nitrogens with one attached hydrogen (secondary N) is 1. The van der Waals surface area contributed by atoms with Crippen molar-refractivity contribution in [3.05, 3.63) is 71.8 Å². The Morgan fingerprint density at radius 1 is 1.00 bits per heavy atom. The molecule has 1 amide bonds. The van der Waals surface area contributed by atoms with Crippen LogP contribution in [-0.2, 0) is 20.9 Å². The second kappa shape index (κ2) is 11.3. The maximum Gasteiger partial charge on any atom is 0.408 e. The van der Waals surface area contributed by atoms with Gasteiger partial charge >= 0.3 is 6.09 Å². The third-order valence-electron chi connectivity index (χ3n) is 5.30. The van der Waals surface area contributed by atoms with E-state index in [2.05, 4.69) is 5.32 Å². The molecule has 0 aliphatic heterocycles.